The summed E-state index contributed by atoms with van der Waals surface area (Å²) in [5, 5.41) is 10.1. The van der Waals surface area contributed by atoms with Crippen molar-refractivity contribution in [3.8, 4) is 5.75 Å². The highest BCUT2D eigenvalue weighted by Gasteiger charge is 2.10. The molecule has 0 bridgehead atoms. The summed E-state index contributed by atoms with van der Waals surface area (Å²) in [4.78, 5) is 0. The highest BCUT2D eigenvalue weighted by atomic mass is 35.5. The maximum absolute atomic E-state index is 9.42. The van der Waals surface area contributed by atoms with Gasteiger partial charge in [0.05, 0.1) is 5.02 Å². The second-order valence-electron chi connectivity index (χ2n) is 2.61. The van der Waals surface area contributed by atoms with E-state index < -0.39 is 0 Å². The first-order valence-corrected chi connectivity index (χ1v) is 4.21. The van der Waals surface area contributed by atoms with Gasteiger partial charge in [-0.25, -0.2) is 0 Å². The molecular formula is C8H9Cl2NO. The number of hydrogen-bond acceptors (Lipinski definition) is 2. The molecule has 0 saturated carbocycles. The van der Waals surface area contributed by atoms with Crippen LogP contribution in [0.25, 0.3) is 0 Å². The zero-order chi connectivity index (χ0) is 9.30. The van der Waals surface area contributed by atoms with Crippen LogP contribution in [0.15, 0.2) is 12.1 Å². The highest BCUT2D eigenvalue weighted by Crippen LogP contribution is 2.33. The Balaban J connectivity index is 3.28. The maximum atomic E-state index is 9.42. The molecule has 3 N–H and O–H groups in total. The molecule has 12 heavy (non-hydrogen) atoms. The molecule has 0 aliphatic rings. The lowest BCUT2D eigenvalue weighted by molar-refractivity contribution is 0.464. The lowest BCUT2D eigenvalue weighted by Gasteiger charge is -2.09. The molecule has 4 heteroatoms. The largest absolute Gasteiger partial charge is 0.506 e. The third-order valence-corrected chi connectivity index (χ3v) is 2.05. The Hall–Kier alpha value is -0.440. The van der Waals surface area contributed by atoms with E-state index in [1.54, 1.807) is 13.0 Å². The van der Waals surface area contributed by atoms with Gasteiger partial charge in [0, 0.05) is 16.6 Å². The van der Waals surface area contributed by atoms with Crippen LogP contribution in [-0.2, 0) is 0 Å². The van der Waals surface area contributed by atoms with E-state index in [1.165, 1.54) is 6.07 Å². The average Bonchev–Trinajstić information content (AvgIpc) is 1.96. The number of hydrogen-bond donors (Lipinski definition) is 2. The average molecular weight is 206 g/mol. The molecule has 0 aromatic heterocycles. The van der Waals surface area contributed by atoms with Crippen molar-refractivity contribution in [2.24, 2.45) is 5.73 Å². The third-order valence-electron chi connectivity index (χ3n) is 1.55. The molecule has 0 spiro atoms. The Morgan fingerprint density at radius 1 is 1.42 bits per heavy atom. The number of halogens is 2. The zero-order valence-corrected chi connectivity index (χ0v) is 8.02. The van der Waals surface area contributed by atoms with Gasteiger partial charge in [-0.2, -0.15) is 0 Å². The molecule has 0 saturated heterocycles. The predicted molar refractivity (Wildman–Crippen MR) is 50.7 cm³/mol. The van der Waals surface area contributed by atoms with Crippen molar-refractivity contribution in [1.82, 2.24) is 0 Å². The molecule has 1 atom stereocenters. The van der Waals surface area contributed by atoms with Crippen LogP contribution in [0.3, 0.4) is 0 Å². The van der Waals surface area contributed by atoms with Crippen LogP contribution < -0.4 is 5.73 Å². The molecule has 1 unspecified atom stereocenters. The van der Waals surface area contributed by atoms with Crippen molar-refractivity contribution in [1.29, 1.82) is 0 Å². The van der Waals surface area contributed by atoms with Gasteiger partial charge in [0.1, 0.15) is 5.75 Å². The SMILES string of the molecule is CC(N)c1cc(Cl)cc(Cl)c1O. The summed E-state index contributed by atoms with van der Waals surface area (Å²) >= 11 is 11.4. The number of rotatable bonds is 1. The maximum Gasteiger partial charge on any atom is 0.139 e. The van der Waals surface area contributed by atoms with E-state index in [2.05, 4.69) is 0 Å². The molecule has 0 aliphatic heterocycles. The van der Waals surface area contributed by atoms with Crippen molar-refractivity contribution in [3.63, 3.8) is 0 Å². The van der Waals surface area contributed by atoms with Crippen LogP contribution >= 0.6 is 23.2 Å². The Kier molecular flexibility index (Phi) is 2.83. The van der Waals surface area contributed by atoms with Crippen molar-refractivity contribution in [2.75, 3.05) is 0 Å². The molecule has 1 aromatic rings. The zero-order valence-electron chi connectivity index (χ0n) is 6.51. The van der Waals surface area contributed by atoms with E-state index in [9.17, 15) is 5.11 Å². The molecule has 1 rings (SSSR count). The van der Waals surface area contributed by atoms with Crippen LogP contribution in [-0.4, -0.2) is 5.11 Å². The van der Waals surface area contributed by atoms with Gasteiger partial charge in [-0.1, -0.05) is 23.2 Å². The van der Waals surface area contributed by atoms with Gasteiger partial charge in [0.25, 0.3) is 0 Å². The quantitative estimate of drug-likeness (QED) is 0.741. The second-order valence-corrected chi connectivity index (χ2v) is 3.46. The van der Waals surface area contributed by atoms with Gasteiger partial charge in [-0.05, 0) is 19.1 Å². The summed E-state index contributed by atoms with van der Waals surface area (Å²) < 4.78 is 0. The number of aromatic hydroxyl groups is 1. The Labute approximate surface area is 80.9 Å². The number of phenols is 1. The topological polar surface area (TPSA) is 46.2 Å². The standard InChI is InChI=1S/C8H9Cl2NO/c1-4(11)6-2-5(9)3-7(10)8(6)12/h2-4,12H,11H2,1H3. The molecule has 2 nitrogen and oxygen atoms in total. The molecule has 0 amide bonds. The second kappa shape index (κ2) is 3.52. The van der Waals surface area contributed by atoms with E-state index >= 15 is 0 Å². The van der Waals surface area contributed by atoms with Crippen LogP contribution in [0.4, 0.5) is 0 Å². The number of benzene rings is 1. The van der Waals surface area contributed by atoms with Crippen LogP contribution in [0.5, 0.6) is 5.75 Å². The van der Waals surface area contributed by atoms with Crippen LogP contribution in [0, 0.1) is 0 Å². The van der Waals surface area contributed by atoms with Gasteiger partial charge >= 0.3 is 0 Å². The summed E-state index contributed by atoms with van der Waals surface area (Å²) in [6, 6.07) is 2.80. The van der Waals surface area contributed by atoms with E-state index in [-0.39, 0.29) is 16.8 Å². The fourth-order valence-corrected chi connectivity index (χ4v) is 1.44. The van der Waals surface area contributed by atoms with Crippen molar-refractivity contribution in [2.45, 2.75) is 13.0 Å². The Morgan fingerprint density at radius 3 is 2.50 bits per heavy atom. The minimum atomic E-state index is -0.277. The molecule has 66 valence electrons. The Morgan fingerprint density at radius 2 is 2.00 bits per heavy atom. The van der Waals surface area contributed by atoms with Crippen LogP contribution in [0.2, 0.25) is 10.0 Å². The molecule has 1 aromatic carbocycles. The monoisotopic (exact) mass is 205 g/mol. The Bertz CT molecular complexity index is 299. The third kappa shape index (κ3) is 1.83. The first-order valence-electron chi connectivity index (χ1n) is 3.46. The normalized spacial score (nSPS) is 13.0. The highest BCUT2D eigenvalue weighted by molar-refractivity contribution is 6.35. The minimum Gasteiger partial charge on any atom is -0.506 e. The smallest absolute Gasteiger partial charge is 0.139 e. The minimum absolute atomic E-state index is 0.0102. The fourth-order valence-electron chi connectivity index (χ4n) is 0.933. The van der Waals surface area contributed by atoms with Crippen molar-refractivity contribution < 1.29 is 5.11 Å². The van der Waals surface area contributed by atoms with E-state index in [4.69, 9.17) is 28.9 Å². The molecule has 0 fully saturated rings. The summed E-state index contributed by atoms with van der Waals surface area (Å²) in [6.07, 6.45) is 0. The van der Waals surface area contributed by atoms with Crippen LogP contribution in [0.1, 0.15) is 18.5 Å². The van der Waals surface area contributed by atoms with Crippen molar-refractivity contribution >= 4 is 23.2 Å². The fraction of sp³-hybridized carbons (Fsp3) is 0.250. The summed E-state index contributed by atoms with van der Waals surface area (Å²) in [7, 11) is 0. The number of phenolic OH excluding ortho intramolecular Hbond substituents is 1. The van der Waals surface area contributed by atoms with Gasteiger partial charge < -0.3 is 10.8 Å². The molecule has 0 aliphatic carbocycles. The first-order chi connectivity index (χ1) is 5.52. The van der Waals surface area contributed by atoms with Gasteiger partial charge in [-0.3, -0.25) is 0 Å². The van der Waals surface area contributed by atoms with E-state index in [0.717, 1.165) is 0 Å². The molecular weight excluding hydrogens is 197 g/mol. The lowest BCUT2D eigenvalue weighted by Crippen LogP contribution is -2.05. The van der Waals surface area contributed by atoms with Gasteiger partial charge in [0.15, 0.2) is 0 Å². The summed E-state index contributed by atoms with van der Waals surface area (Å²) in [6.45, 7) is 1.75. The lowest BCUT2D eigenvalue weighted by atomic mass is 10.1. The summed E-state index contributed by atoms with van der Waals surface area (Å²) in [5.41, 5.74) is 6.14. The van der Waals surface area contributed by atoms with Crippen molar-refractivity contribution in [3.05, 3.63) is 27.7 Å². The van der Waals surface area contributed by atoms with Gasteiger partial charge in [0.2, 0.25) is 0 Å². The van der Waals surface area contributed by atoms with E-state index in [1.807, 2.05) is 0 Å². The summed E-state index contributed by atoms with van der Waals surface area (Å²) in [5.74, 6) is 0.0102. The molecule has 0 radical (unpaired) electrons. The van der Waals surface area contributed by atoms with Gasteiger partial charge in [-0.15, -0.1) is 0 Å². The van der Waals surface area contributed by atoms with E-state index in [0.29, 0.717) is 10.6 Å². The predicted octanol–water partition coefficient (Wildman–Crippen LogP) is 2.72. The first kappa shape index (κ1) is 9.65. The number of nitrogens with two attached hydrogens (primary N) is 1. The molecule has 0 heterocycles.